The van der Waals surface area contributed by atoms with Crippen LogP contribution in [0.15, 0.2) is 48.5 Å². The van der Waals surface area contributed by atoms with Crippen LogP contribution >= 0.6 is 0 Å². The Morgan fingerprint density at radius 2 is 1.74 bits per heavy atom. The van der Waals surface area contributed by atoms with Gasteiger partial charge in [0.2, 0.25) is 21.8 Å². The van der Waals surface area contributed by atoms with Crippen molar-refractivity contribution in [3.63, 3.8) is 0 Å². The molecule has 0 radical (unpaired) electrons. The van der Waals surface area contributed by atoms with E-state index in [1.165, 1.54) is 17.0 Å². The van der Waals surface area contributed by atoms with Gasteiger partial charge in [0.15, 0.2) is 0 Å². The first-order valence-corrected chi connectivity index (χ1v) is 13.1. The van der Waals surface area contributed by atoms with Crippen molar-refractivity contribution in [3.8, 4) is 0 Å². The molecule has 2 atom stereocenters. The van der Waals surface area contributed by atoms with Gasteiger partial charge < -0.3 is 10.2 Å². The van der Waals surface area contributed by atoms with Crippen LogP contribution in [0.3, 0.4) is 0 Å². The van der Waals surface area contributed by atoms with Crippen molar-refractivity contribution in [2.75, 3.05) is 17.1 Å². The number of non-ortho nitro benzene ring substituents is 1. The molecule has 0 aliphatic rings. The highest BCUT2D eigenvalue weighted by Crippen LogP contribution is 2.28. The Kier molecular flexibility index (Phi) is 9.35. The second-order valence-electron chi connectivity index (χ2n) is 8.50. The third-order valence-electron chi connectivity index (χ3n) is 5.72. The van der Waals surface area contributed by atoms with Crippen molar-refractivity contribution in [3.05, 3.63) is 69.8 Å². The minimum Gasteiger partial charge on any atom is -0.352 e. The molecule has 0 spiro atoms. The molecule has 2 rings (SSSR count). The molecule has 2 aromatic carbocycles. The molecule has 0 heterocycles. The number of nitro groups is 1. The van der Waals surface area contributed by atoms with Crippen molar-refractivity contribution < 1.29 is 22.9 Å². The van der Waals surface area contributed by atoms with E-state index < -0.39 is 33.4 Å². The first-order chi connectivity index (χ1) is 16.3. The van der Waals surface area contributed by atoms with Gasteiger partial charge in [-0.15, -0.1) is 0 Å². The van der Waals surface area contributed by atoms with Crippen LogP contribution in [0.1, 0.15) is 38.3 Å². The summed E-state index contributed by atoms with van der Waals surface area (Å²) < 4.78 is 26.2. The molecule has 0 saturated carbocycles. The number of carbonyl (C=O) groups excluding carboxylic acids is 2. The number of anilines is 1. The average Bonchev–Trinajstić information content (AvgIpc) is 2.80. The quantitative estimate of drug-likeness (QED) is 0.370. The van der Waals surface area contributed by atoms with Gasteiger partial charge in [0.05, 0.1) is 16.9 Å². The zero-order valence-electron chi connectivity index (χ0n) is 20.6. The number of amides is 2. The highest BCUT2D eigenvalue weighted by molar-refractivity contribution is 7.92. The van der Waals surface area contributed by atoms with Gasteiger partial charge in [-0.3, -0.25) is 24.0 Å². The van der Waals surface area contributed by atoms with Gasteiger partial charge in [-0.25, -0.2) is 8.42 Å². The van der Waals surface area contributed by atoms with Gasteiger partial charge >= 0.3 is 0 Å². The van der Waals surface area contributed by atoms with E-state index in [0.717, 1.165) is 22.2 Å². The SMILES string of the molecule is CCC(C)NC(=O)C(C)N(Cc1ccccc1)C(=O)CN(c1cc([N+](=O)[O-])ccc1C)S(C)(=O)=O. The Hall–Kier alpha value is -3.47. The van der Waals surface area contributed by atoms with E-state index in [9.17, 15) is 28.1 Å². The van der Waals surface area contributed by atoms with Gasteiger partial charge in [0.1, 0.15) is 12.6 Å². The van der Waals surface area contributed by atoms with E-state index in [0.29, 0.717) is 12.0 Å². The third kappa shape index (κ3) is 7.51. The van der Waals surface area contributed by atoms with Gasteiger partial charge in [0, 0.05) is 24.7 Å². The number of benzene rings is 2. The minimum absolute atomic E-state index is 0.0337. The van der Waals surface area contributed by atoms with E-state index in [4.69, 9.17) is 0 Å². The molecule has 2 aromatic rings. The number of aryl methyl sites for hydroxylation is 1. The van der Waals surface area contributed by atoms with E-state index in [-0.39, 0.29) is 29.9 Å². The molecule has 0 aromatic heterocycles. The molecule has 10 nitrogen and oxygen atoms in total. The number of hydrogen-bond donors (Lipinski definition) is 1. The van der Waals surface area contributed by atoms with Crippen LogP contribution in [0.2, 0.25) is 0 Å². The summed E-state index contributed by atoms with van der Waals surface area (Å²) in [6.07, 6.45) is 1.64. The molecular weight excluding hydrogens is 472 g/mol. The summed E-state index contributed by atoms with van der Waals surface area (Å²) in [5, 5.41) is 14.1. The number of carbonyl (C=O) groups is 2. The zero-order valence-corrected chi connectivity index (χ0v) is 21.4. The minimum atomic E-state index is -3.99. The molecule has 0 saturated heterocycles. The van der Waals surface area contributed by atoms with Gasteiger partial charge in [-0.1, -0.05) is 43.3 Å². The molecule has 11 heteroatoms. The topological polar surface area (TPSA) is 130 Å². The fraction of sp³-hybridized carbons (Fsp3) is 0.417. The number of hydrogen-bond acceptors (Lipinski definition) is 6. The summed E-state index contributed by atoms with van der Waals surface area (Å²) >= 11 is 0. The molecule has 0 bridgehead atoms. The lowest BCUT2D eigenvalue weighted by atomic mass is 10.1. The van der Waals surface area contributed by atoms with Crippen molar-refractivity contribution in [2.24, 2.45) is 0 Å². The number of nitrogens with zero attached hydrogens (tertiary/aromatic N) is 3. The lowest BCUT2D eigenvalue weighted by Crippen LogP contribution is -2.52. The van der Waals surface area contributed by atoms with Crippen LogP contribution in [0.25, 0.3) is 0 Å². The van der Waals surface area contributed by atoms with Gasteiger partial charge in [0.25, 0.3) is 5.69 Å². The first kappa shape index (κ1) is 27.8. The number of rotatable bonds is 11. The molecule has 2 amide bonds. The maximum atomic E-state index is 13.5. The molecule has 1 N–H and O–H groups in total. The van der Waals surface area contributed by atoms with Crippen molar-refractivity contribution >= 4 is 33.2 Å². The van der Waals surface area contributed by atoms with Crippen molar-refractivity contribution in [1.82, 2.24) is 10.2 Å². The van der Waals surface area contributed by atoms with Gasteiger partial charge in [-0.05, 0) is 38.3 Å². The van der Waals surface area contributed by atoms with Crippen LogP contribution in [-0.4, -0.2) is 54.9 Å². The molecule has 2 unspecified atom stereocenters. The number of sulfonamides is 1. The average molecular weight is 505 g/mol. The van der Waals surface area contributed by atoms with Crippen molar-refractivity contribution in [1.29, 1.82) is 0 Å². The molecule has 35 heavy (non-hydrogen) atoms. The maximum Gasteiger partial charge on any atom is 0.271 e. The molecule has 0 aliphatic carbocycles. The highest BCUT2D eigenvalue weighted by Gasteiger charge is 2.31. The lowest BCUT2D eigenvalue weighted by molar-refractivity contribution is -0.384. The van der Waals surface area contributed by atoms with E-state index in [2.05, 4.69) is 5.32 Å². The fourth-order valence-corrected chi connectivity index (χ4v) is 4.30. The van der Waals surface area contributed by atoms with Crippen LogP contribution in [0.5, 0.6) is 0 Å². The lowest BCUT2D eigenvalue weighted by Gasteiger charge is -2.32. The Morgan fingerprint density at radius 3 is 2.29 bits per heavy atom. The fourth-order valence-electron chi connectivity index (χ4n) is 3.40. The van der Waals surface area contributed by atoms with E-state index in [1.807, 2.05) is 19.9 Å². The highest BCUT2D eigenvalue weighted by atomic mass is 32.2. The second-order valence-corrected chi connectivity index (χ2v) is 10.4. The summed E-state index contributed by atoms with van der Waals surface area (Å²) in [4.78, 5) is 38.3. The normalized spacial score (nSPS) is 12.9. The van der Waals surface area contributed by atoms with Crippen LogP contribution in [0, 0.1) is 17.0 Å². The Balaban J connectivity index is 2.45. The summed E-state index contributed by atoms with van der Waals surface area (Å²) in [7, 11) is -3.99. The predicted molar refractivity (Wildman–Crippen MR) is 134 cm³/mol. The van der Waals surface area contributed by atoms with Crippen LogP contribution in [-0.2, 0) is 26.2 Å². The number of nitrogens with one attached hydrogen (secondary N) is 1. The summed E-state index contributed by atoms with van der Waals surface area (Å²) in [5.41, 5.74) is 0.952. The zero-order chi connectivity index (χ0) is 26.3. The molecule has 0 aliphatic heterocycles. The first-order valence-electron chi connectivity index (χ1n) is 11.2. The molecule has 190 valence electrons. The van der Waals surface area contributed by atoms with Gasteiger partial charge in [-0.2, -0.15) is 0 Å². The second kappa shape index (κ2) is 11.8. The number of nitro benzene ring substituents is 1. The summed E-state index contributed by atoms with van der Waals surface area (Å²) in [6, 6.07) is 11.9. The van der Waals surface area contributed by atoms with E-state index >= 15 is 0 Å². The monoisotopic (exact) mass is 504 g/mol. The smallest absolute Gasteiger partial charge is 0.271 e. The van der Waals surface area contributed by atoms with Crippen LogP contribution in [0.4, 0.5) is 11.4 Å². The van der Waals surface area contributed by atoms with Crippen molar-refractivity contribution in [2.45, 2.75) is 52.7 Å². The van der Waals surface area contributed by atoms with Crippen LogP contribution < -0.4 is 9.62 Å². The third-order valence-corrected chi connectivity index (χ3v) is 6.84. The largest absolute Gasteiger partial charge is 0.352 e. The molecular formula is C24H32N4O6S. The predicted octanol–water partition coefficient (Wildman–Crippen LogP) is 3.00. The summed E-state index contributed by atoms with van der Waals surface area (Å²) in [5.74, 6) is -0.974. The standard InChI is InChI=1S/C24H32N4O6S/c1-6-18(3)25-24(30)19(4)26(15-20-10-8-7-9-11-20)23(29)16-27(35(5,33)34)22-14-21(28(31)32)13-12-17(22)2/h7-14,18-19H,6,15-16H2,1-5H3,(H,25,30). The Morgan fingerprint density at radius 1 is 1.11 bits per heavy atom. The molecule has 0 fully saturated rings. The summed E-state index contributed by atoms with van der Waals surface area (Å²) in [6.45, 7) is 6.43. The van der Waals surface area contributed by atoms with E-state index in [1.54, 1.807) is 38.1 Å². The Bertz CT molecular complexity index is 1170. The maximum absolute atomic E-state index is 13.5. The Labute approximate surface area is 206 Å².